The number of ketones is 1. The van der Waals surface area contributed by atoms with Gasteiger partial charge in [0.25, 0.3) is 0 Å². The van der Waals surface area contributed by atoms with Crippen LogP contribution in [0.5, 0.6) is 0 Å². The van der Waals surface area contributed by atoms with Crippen LogP contribution in [0.1, 0.15) is 18.1 Å². The molecule has 0 spiro atoms. The summed E-state index contributed by atoms with van der Waals surface area (Å²) in [6.07, 6.45) is 0. The highest BCUT2D eigenvalue weighted by molar-refractivity contribution is 7.99. The van der Waals surface area contributed by atoms with E-state index >= 15 is 0 Å². The summed E-state index contributed by atoms with van der Waals surface area (Å²) in [4.78, 5) is 11.4. The van der Waals surface area contributed by atoms with Crippen LogP contribution in [0.2, 0.25) is 5.02 Å². The van der Waals surface area contributed by atoms with Gasteiger partial charge >= 0.3 is 0 Å². The number of carbonyl (C=O) groups excluding carboxylic acids is 1. The van der Waals surface area contributed by atoms with Crippen LogP contribution in [0.4, 0.5) is 0 Å². The third-order valence-electron chi connectivity index (χ3n) is 3.76. The second-order valence-electron chi connectivity index (χ2n) is 5.90. The molecule has 3 rings (SSSR count). The molecule has 0 aliphatic rings. The molecule has 0 bridgehead atoms. The first kappa shape index (κ1) is 17.7. The molecule has 25 heavy (non-hydrogen) atoms. The first-order valence-electron chi connectivity index (χ1n) is 7.87. The molecule has 1 heterocycles. The fourth-order valence-electron chi connectivity index (χ4n) is 2.52. The maximum atomic E-state index is 11.4. The highest BCUT2D eigenvalue weighted by Crippen LogP contribution is 2.33. The molecule has 0 radical (unpaired) electrons. The number of benzene rings is 2. The minimum atomic E-state index is 0.0970. The molecule has 0 saturated carbocycles. The topological polar surface area (TPSA) is 47.8 Å². The van der Waals surface area contributed by atoms with E-state index in [1.54, 1.807) is 6.92 Å². The second-order valence-corrected chi connectivity index (χ2v) is 7.25. The van der Waals surface area contributed by atoms with Gasteiger partial charge in [-0.3, -0.25) is 9.36 Å². The largest absolute Gasteiger partial charge is 0.299 e. The van der Waals surface area contributed by atoms with Crippen molar-refractivity contribution in [1.82, 2.24) is 14.8 Å². The summed E-state index contributed by atoms with van der Waals surface area (Å²) in [6, 6.07) is 13.8. The van der Waals surface area contributed by atoms with Crippen molar-refractivity contribution in [2.45, 2.75) is 25.9 Å². The van der Waals surface area contributed by atoms with E-state index in [1.807, 2.05) is 42.7 Å². The number of halogens is 1. The van der Waals surface area contributed by atoms with Gasteiger partial charge in [-0.1, -0.05) is 47.6 Å². The van der Waals surface area contributed by atoms with E-state index in [-0.39, 0.29) is 5.78 Å². The Kier molecular flexibility index (Phi) is 5.25. The van der Waals surface area contributed by atoms with Gasteiger partial charge in [0.05, 0.1) is 16.5 Å². The van der Waals surface area contributed by atoms with Gasteiger partial charge in [0.15, 0.2) is 11.0 Å². The zero-order chi connectivity index (χ0) is 18.0. The number of hydrogen-bond donors (Lipinski definition) is 0. The van der Waals surface area contributed by atoms with Crippen molar-refractivity contribution >= 4 is 29.1 Å². The number of rotatable bonds is 5. The Labute approximate surface area is 156 Å². The normalized spacial score (nSPS) is 10.9. The third kappa shape index (κ3) is 3.78. The van der Waals surface area contributed by atoms with E-state index in [4.69, 9.17) is 11.6 Å². The SMILES string of the molecule is CC(=O)CSc1nnc(-c2ccccc2Cl)n1-c1cc(C)ccc1C. The zero-order valence-electron chi connectivity index (χ0n) is 14.3. The molecule has 0 unspecified atom stereocenters. The number of aromatic nitrogens is 3. The lowest BCUT2D eigenvalue weighted by molar-refractivity contribution is -0.114. The maximum absolute atomic E-state index is 11.4. The summed E-state index contributed by atoms with van der Waals surface area (Å²) in [5.74, 6) is 1.12. The lowest BCUT2D eigenvalue weighted by Gasteiger charge is -2.14. The van der Waals surface area contributed by atoms with E-state index in [1.165, 1.54) is 11.8 Å². The smallest absolute Gasteiger partial charge is 0.196 e. The van der Waals surface area contributed by atoms with Crippen molar-refractivity contribution in [1.29, 1.82) is 0 Å². The second kappa shape index (κ2) is 7.42. The first-order valence-corrected chi connectivity index (χ1v) is 9.24. The van der Waals surface area contributed by atoms with E-state index in [0.29, 0.717) is 21.8 Å². The number of Topliss-reactive ketones (excluding diaryl/α,β-unsaturated/α-hetero) is 1. The zero-order valence-corrected chi connectivity index (χ0v) is 15.9. The molecular formula is C19H18ClN3OS. The molecule has 0 atom stereocenters. The van der Waals surface area contributed by atoms with Gasteiger partial charge in [0.1, 0.15) is 5.78 Å². The van der Waals surface area contributed by atoms with E-state index < -0.39 is 0 Å². The van der Waals surface area contributed by atoms with Gasteiger partial charge in [0.2, 0.25) is 0 Å². The monoisotopic (exact) mass is 371 g/mol. The summed E-state index contributed by atoms with van der Waals surface area (Å²) >= 11 is 7.77. The van der Waals surface area contributed by atoms with Crippen molar-refractivity contribution in [3.05, 3.63) is 58.6 Å². The van der Waals surface area contributed by atoms with Crippen LogP contribution in [0.25, 0.3) is 17.1 Å². The molecular weight excluding hydrogens is 354 g/mol. The van der Waals surface area contributed by atoms with Crippen molar-refractivity contribution in [2.24, 2.45) is 0 Å². The minimum absolute atomic E-state index is 0.0970. The van der Waals surface area contributed by atoms with Gasteiger partial charge in [-0.2, -0.15) is 0 Å². The van der Waals surface area contributed by atoms with Gasteiger partial charge in [-0.05, 0) is 50.1 Å². The average molecular weight is 372 g/mol. The molecule has 6 heteroatoms. The van der Waals surface area contributed by atoms with Crippen LogP contribution >= 0.6 is 23.4 Å². The minimum Gasteiger partial charge on any atom is -0.299 e. The molecule has 0 amide bonds. The molecule has 128 valence electrons. The molecule has 0 fully saturated rings. The Bertz CT molecular complexity index is 936. The highest BCUT2D eigenvalue weighted by Gasteiger charge is 2.19. The van der Waals surface area contributed by atoms with Crippen LogP contribution in [0.3, 0.4) is 0 Å². The quantitative estimate of drug-likeness (QED) is 0.599. The van der Waals surface area contributed by atoms with Crippen LogP contribution in [0.15, 0.2) is 47.6 Å². The predicted molar refractivity (Wildman–Crippen MR) is 103 cm³/mol. The summed E-state index contributed by atoms with van der Waals surface area (Å²) in [5.41, 5.74) is 4.04. The fourth-order valence-corrected chi connectivity index (χ4v) is 3.49. The Morgan fingerprint density at radius 2 is 1.92 bits per heavy atom. The van der Waals surface area contributed by atoms with Crippen molar-refractivity contribution < 1.29 is 4.79 Å². The molecule has 2 aromatic carbocycles. The van der Waals surface area contributed by atoms with Crippen molar-refractivity contribution in [2.75, 3.05) is 5.75 Å². The van der Waals surface area contributed by atoms with E-state index in [9.17, 15) is 4.79 Å². The first-order chi connectivity index (χ1) is 12.0. The lowest BCUT2D eigenvalue weighted by Crippen LogP contribution is -2.04. The predicted octanol–water partition coefficient (Wildman–Crippen LogP) is 4.89. The molecule has 0 aliphatic heterocycles. The average Bonchev–Trinajstić information content (AvgIpc) is 2.99. The molecule has 1 aromatic heterocycles. The molecule has 4 nitrogen and oxygen atoms in total. The third-order valence-corrected chi connectivity index (χ3v) is 5.16. The summed E-state index contributed by atoms with van der Waals surface area (Å²) < 4.78 is 1.98. The van der Waals surface area contributed by atoms with Crippen molar-refractivity contribution in [3.63, 3.8) is 0 Å². The number of hydrogen-bond acceptors (Lipinski definition) is 4. The standard InChI is InChI=1S/C19H18ClN3OS/c1-12-8-9-13(2)17(10-12)23-18(15-6-4-5-7-16(15)20)21-22-19(23)25-11-14(3)24/h4-10H,11H2,1-3H3. The van der Waals surface area contributed by atoms with E-state index in [0.717, 1.165) is 22.4 Å². The van der Waals surface area contributed by atoms with Crippen LogP contribution < -0.4 is 0 Å². The van der Waals surface area contributed by atoms with Gasteiger partial charge in [-0.25, -0.2) is 0 Å². The van der Waals surface area contributed by atoms with Crippen LogP contribution in [0, 0.1) is 13.8 Å². The van der Waals surface area contributed by atoms with Crippen LogP contribution in [-0.2, 0) is 4.79 Å². The number of nitrogens with zero attached hydrogens (tertiary/aromatic N) is 3. The Hall–Kier alpha value is -2.11. The molecule has 3 aromatic rings. The Morgan fingerprint density at radius 1 is 1.16 bits per heavy atom. The maximum Gasteiger partial charge on any atom is 0.196 e. The van der Waals surface area contributed by atoms with Gasteiger partial charge in [0, 0.05) is 5.56 Å². The lowest BCUT2D eigenvalue weighted by atomic mass is 10.1. The van der Waals surface area contributed by atoms with Gasteiger partial charge in [-0.15, -0.1) is 10.2 Å². The summed E-state index contributed by atoms with van der Waals surface area (Å²) in [5, 5.41) is 9.98. The summed E-state index contributed by atoms with van der Waals surface area (Å²) in [6.45, 7) is 5.66. The Morgan fingerprint density at radius 3 is 2.64 bits per heavy atom. The van der Waals surface area contributed by atoms with Crippen LogP contribution in [-0.4, -0.2) is 26.3 Å². The molecule has 0 N–H and O–H groups in total. The van der Waals surface area contributed by atoms with E-state index in [2.05, 4.69) is 28.4 Å². The van der Waals surface area contributed by atoms with Gasteiger partial charge < -0.3 is 0 Å². The summed E-state index contributed by atoms with van der Waals surface area (Å²) in [7, 11) is 0. The molecule has 0 saturated heterocycles. The number of aryl methyl sites for hydroxylation is 2. The fraction of sp³-hybridized carbons (Fsp3) is 0.211. The number of carbonyl (C=O) groups is 1. The Balaban J connectivity index is 2.22. The number of thioether (sulfide) groups is 1. The molecule has 0 aliphatic carbocycles. The highest BCUT2D eigenvalue weighted by atomic mass is 35.5. The van der Waals surface area contributed by atoms with Crippen molar-refractivity contribution in [3.8, 4) is 17.1 Å².